The highest BCUT2D eigenvalue weighted by Gasteiger charge is 2.57. The standard InChI is InChI=1S/C19H24F3N3O5S/c1-3-12-31(26,27)25-15-16(24-14-7-5-4-6-13(14)23-15)30-17(19(20,21)22)18(28-2)8-10-29-11-9-18/h4-7,17H,3,8-12H2,1-2H3,(H,23,25). The summed E-state index contributed by atoms with van der Waals surface area (Å²) in [6, 6.07) is 6.41. The lowest BCUT2D eigenvalue weighted by molar-refractivity contribution is -0.266. The van der Waals surface area contributed by atoms with Crippen LogP contribution in [0.2, 0.25) is 0 Å². The van der Waals surface area contributed by atoms with Gasteiger partial charge in [0.25, 0.3) is 5.88 Å². The topological polar surface area (TPSA) is 99.6 Å². The molecular formula is C19H24F3N3O5S. The Morgan fingerprint density at radius 2 is 1.81 bits per heavy atom. The van der Waals surface area contributed by atoms with Crippen LogP contribution in [0.1, 0.15) is 26.2 Å². The molecule has 0 aliphatic carbocycles. The summed E-state index contributed by atoms with van der Waals surface area (Å²) in [5, 5.41) is 0. The molecule has 12 heteroatoms. The van der Waals surface area contributed by atoms with Gasteiger partial charge < -0.3 is 14.2 Å². The first-order valence-electron chi connectivity index (χ1n) is 9.74. The Kier molecular flexibility index (Phi) is 6.92. The number of hydrogen-bond donors (Lipinski definition) is 1. The van der Waals surface area contributed by atoms with Gasteiger partial charge in [-0.2, -0.15) is 13.2 Å². The van der Waals surface area contributed by atoms with Crippen molar-refractivity contribution in [2.45, 2.75) is 44.1 Å². The van der Waals surface area contributed by atoms with E-state index in [0.29, 0.717) is 11.9 Å². The van der Waals surface area contributed by atoms with Crippen molar-refractivity contribution in [1.29, 1.82) is 0 Å². The lowest BCUT2D eigenvalue weighted by Crippen LogP contribution is -2.58. The molecular weight excluding hydrogens is 439 g/mol. The highest BCUT2D eigenvalue weighted by atomic mass is 32.2. The minimum Gasteiger partial charge on any atom is -0.459 e. The lowest BCUT2D eigenvalue weighted by atomic mass is 9.87. The van der Waals surface area contributed by atoms with Crippen LogP contribution in [0.4, 0.5) is 19.0 Å². The fourth-order valence-electron chi connectivity index (χ4n) is 3.47. The molecule has 3 rings (SSSR count). The number of alkyl halides is 3. The number of nitrogens with zero attached hydrogens (tertiary/aromatic N) is 2. The largest absolute Gasteiger partial charge is 0.459 e. The Morgan fingerprint density at radius 3 is 2.35 bits per heavy atom. The van der Waals surface area contributed by atoms with Crippen LogP contribution in [0.15, 0.2) is 24.3 Å². The van der Waals surface area contributed by atoms with E-state index in [-0.39, 0.29) is 37.3 Å². The van der Waals surface area contributed by atoms with E-state index in [2.05, 4.69) is 14.7 Å². The van der Waals surface area contributed by atoms with Gasteiger partial charge in [-0.25, -0.2) is 18.4 Å². The zero-order valence-electron chi connectivity index (χ0n) is 17.1. The van der Waals surface area contributed by atoms with Gasteiger partial charge in [-0.15, -0.1) is 0 Å². The number of halogens is 3. The molecule has 1 aliphatic rings. The summed E-state index contributed by atoms with van der Waals surface area (Å²) in [6.45, 7) is 1.81. The predicted molar refractivity (Wildman–Crippen MR) is 108 cm³/mol. The number of anilines is 1. The summed E-state index contributed by atoms with van der Waals surface area (Å²) in [7, 11) is -2.67. The maximum absolute atomic E-state index is 14.1. The maximum atomic E-state index is 14.1. The molecule has 1 atom stereocenters. The summed E-state index contributed by atoms with van der Waals surface area (Å²) in [5.74, 6) is -1.20. The van der Waals surface area contributed by atoms with E-state index in [0.717, 1.165) is 0 Å². The van der Waals surface area contributed by atoms with Gasteiger partial charge in [0.05, 0.1) is 16.8 Å². The van der Waals surface area contributed by atoms with Crippen molar-refractivity contribution in [1.82, 2.24) is 9.97 Å². The van der Waals surface area contributed by atoms with Gasteiger partial charge in [0.15, 0.2) is 0 Å². The van der Waals surface area contributed by atoms with Crippen molar-refractivity contribution >= 4 is 26.9 Å². The van der Waals surface area contributed by atoms with E-state index in [4.69, 9.17) is 14.2 Å². The fourth-order valence-corrected chi connectivity index (χ4v) is 4.54. The molecule has 31 heavy (non-hydrogen) atoms. The van der Waals surface area contributed by atoms with Crippen LogP contribution in [0.25, 0.3) is 11.0 Å². The van der Waals surface area contributed by atoms with Crippen LogP contribution in [0, 0.1) is 0 Å². The number of ether oxygens (including phenoxy) is 3. The van der Waals surface area contributed by atoms with Gasteiger partial charge in [0, 0.05) is 33.2 Å². The van der Waals surface area contributed by atoms with Crippen LogP contribution >= 0.6 is 0 Å². The summed E-state index contributed by atoms with van der Waals surface area (Å²) in [5.41, 5.74) is -1.14. The molecule has 0 spiro atoms. The summed E-state index contributed by atoms with van der Waals surface area (Å²) < 4.78 is 84.9. The maximum Gasteiger partial charge on any atom is 0.428 e. The van der Waals surface area contributed by atoms with Gasteiger partial charge >= 0.3 is 6.18 Å². The van der Waals surface area contributed by atoms with Gasteiger partial charge in [0.2, 0.25) is 21.9 Å². The van der Waals surface area contributed by atoms with Gasteiger partial charge in [-0.1, -0.05) is 19.1 Å². The Bertz CT molecular complexity index is 1010. The fraction of sp³-hybridized carbons (Fsp3) is 0.579. The van der Waals surface area contributed by atoms with Crippen molar-refractivity contribution < 1.29 is 35.8 Å². The molecule has 2 aromatic rings. The van der Waals surface area contributed by atoms with Crippen LogP contribution in [-0.4, -0.2) is 62.3 Å². The van der Waals surface area contributed by atoms with Gasteiger partial charge in [-0.05, 0) is 18.6 Å². The zero-order chi connectivity index (χ0) is 22.7. The van der Waals surface area contributed by atoms with Crippen LogP contribution in [0.3, 0.4) is 0 Å². The number of benzene rings is 1. The lowest BCUT2D eigenvalue weighted by Gasteiger charge is -2.42. The smallest absolute Gasteiger partial charge is 0.428 e. The summed E-state index contributed by atoms with van der Waals surface area (Å²) in [6.07, 6.45) is -7.01. The quantitative estimate of drug-likeness (QED) is 0.641. The van der Waals surface area contributed by atoms with Crippen molar-refractivity contribution in [2.75, 3.05) is 30.8 Å². The van der Waals surface area contributed by atoms with E-state index in [1.165, 1.54) is 7.11 Å². The third-order valence-electron chi connectivity index (χ3n) is 5.01. The first kappa shape index (κ1) is 23.5. The molecule has 1 aromatic heterocycles. The number of sulfonamides is 1. The summed E-state index contributed by atoms with van der Waals surface area (Å²) >= 11 is 0. The third-order valence-corrected chi connectivity index (χ3v) is 6.46. The molecule has 0 amide bonds. The molecule has 1 aromatic carbocycles. The van der Waals surface area contributed by atoms with Crippen LogP contribution in [-0.2, 0) is 19.5 Å². The van der Waals surface area contributed by atoms with E-state index >= 15 is 0 Å². The molecule has 1 aliphatic heterocycles. The second kappa shape index (κ2) is 9.13. The van der Waals surface area contributed by atoms with Crippen molar-refractivity contribution in [2.24, 2.45) is 0 Å². The molecule has 2 heterocycles. The molecule has 0 bridgehead atoms. The van der Waals surface area contributed by atoms with Gasteiger partial charge in [0.1, 0.15) is 5.60 Å². The minimum absolute atomic E-state index is 0.0500. The summed E-state index contributed by atoms with van der Waals surface area (Å²) in [4.78, 5) is 8.30. The van der Waals surface area contributed by atoms with Crippen molar-refractivity contribution in [3.8, 4) is 5.88 Å². The monoisotopic (exact) mass is 463 g/mol. The average molecular weight is 463 g/mol. The SMILES string of the molecule is CCCS(=O)(=O)Nc1nc2ccccc2nc1OC(C(F)(F)F)C1(OC)CCOCC1. The number of fused-ring (bicyclic) bond motifs is 1. The molecule has 172 valence electrons. The Balaban J connectivity index is 2.08. The number of rotatable bonds is 8. The molecule has 1 fully saturated rings. The molecule has 1 N–H and O–H groups in total. The number of aromatic nitrogens is 2. The number of methoxy groups -OCH3 is 1. The Labute approximate surface area is 178 Å². The van der Waals surface area contributed by atoms with Crippen molar-refractivity contribution in [3.63, 3.8) is 0 Å². The molecule has 1 unspecified atom stereocenters. The highest BCUT2D eigenvalue weighted by molar-refractivity contribution is 7.92. The molecule has 0 radical (unpaired) electrons. The van der Waals surface area contributed by atoms with E-state index in [9.17, 15) is 21.6 Å². The second-order valence-corrected chi connectivity index (χ2v) is 9.05. The minimum atomic E-state index is -4.82. The van der Waals surface area contributed by atoms with E-state index in [1.54, 1.807) is 31.2 Å². The highest BCUT2D eigenvalue weighted by Crippen LogP contribution is 2.40. The second-order valence-electron chi connectivity index (χ2n) is 7.21. The Morgan fingerprint density at radius 1 is 1.19 bits per heavy atom. The Hall–Kier alpha value is -2.18. The first-order valence-corrected chi connectivity index (χ1v) is 11.4. The molecule has 1 saturated heterocycles. The first-order chi connectivity index (χ1) is 14.6. The average Bonchev–Trinajstić information content (AvgIpc) is 2.71. The molecule has 8 nitrogen and oxygen atoms in total. The van der Waals surface area contributed by atoms with Crippen LogP contribution in [0.5, 0.6) is 5.88 Å². The number of hydrogen-bond acceptors (Lipinski definition) is 7. The zero-order valence-corrected chi connectivity index (χ0v) is 17.9. The molecule has 0 saturated carbocycles. The predicted octanol–water partition coefficient (Wildman–Crippen LogP) is 3.29. The third kappa shape index (κ3) is 5.36. The number of nitrogens with one attached hydrogen (secondary N) is 1. The van der Waals surface area contributed by atoms with E-state index in [1.807, 2.05) is 0 Å². The van der Waals surface area contributed by atoms with Gasteiger partial charge in [-0.3, -0.25) is 4.72 Å². The van der Waals surface area contributed by atoms with E-state index < -0.39 is 39.6 Å². The number of para-hydroxylation sites is 2. The normalized spacial score (nSPS) is 18.0. The van der Waals surface area contributed by atoms with Crippen molar-refractivity contribution in [3.05, 3.63) is 24.3 Å². The van der Waals surface area contributed by atoms with Crippen LogP contribution < -0.4 is 9.46 Å².